The normalized spacial score (nSPS) is 14.5. The third kappa shape index (κ3) is 3.21. The Morgan fingerprint density at radius 1 is 1.17 bits per heavy atom. The van der Waals surface area contributed by atoms with Crippen molar-refractivity contribution in [2.75, 3.05) is 13.1 Å². The number of aryl methyl sites for hydroxylation is 1. The first-order chi connectivity index (χ1) is 11.1. The highest BCUT2D eigenvalue weighted by molar-refractivity contribution is 6.00. The van der Waals surface area contributed by atoms with Crippen molar-refractivity contribution in [2.45, 2.75) is 33.2 Å². The van der Waals surface area contributed by atoms with Gasteiger partial charge in [-0.3, -0.25) is 9.59 Å². The zero-order valence-corrected chi connectivity index (χ0v) is 13.7. The largest absolute Gasteiger partial charge is 0.344 e. The van der Waals surface area contributed by atoms with Gasteiger partial charge in [0, 0.05) is 36.5 Å². The second kappa shape index (κ2) is 6.41. The molecule has 1 amide bonds. The lowest BCUT2D eigenvalue weighted by atomic mass is 10.1. The molecule has 2 aromatic rings. The van der Waals surface area contributed by atoms with Crippen molar-refractivity contribution in [3.63, 3.8) is 0 Å². The molecule has 1 aromatic carbocycles. The number of carbonyl (C=O) groups is 2. The van der Waals surface area contributed by atoms with Crippen LogP contribution in [-0.2, 0) is 11.3 Å². The average molecular weight is 310 g/mol. The second-order valence-electron chi connectivity index (χ2n) is 6.20. The van der Waals surface area contributed by atoms with Gasteiger partial charge in [-0.25, -0.2) is 0 Å². The van der Waals surface area contributed by atoms with Crippen LogP contribution in [0.5, 0.6) is 0 Å². The fraction of sp³-hybridized carbons (Fsp3) is 0.368. The lowest BCUT2D eigenvalue weighted by Gasteiger charge is -2.14. The fourth-order valence-corrected chi connectivity index (χ4v) is 3.22. The van der Waals surface area contributed by atoms with Crippen LogP contribution in [-0.4, -0.2) is 34.2 Å². The lowest BCUT2D eigenvalue weighted by molar-refractivity contribution is -0.127. The molecule has 0 spiro atoms. The Morgan fingerprint density at radius 2 is 1.91 bits per heavy atom. The number of hydrogen-bond donors (Lipinski definition) is 0. The van der Waals surface area contributed by atoms with Gasteiger partial charge in [0.25, 0.3) is 0 Å². The van der Waals surface area contributed by atoms with Crippen molar-refractivity contribution in [3.8, 4) is 0 Å². The van der Waals surface area contributed by atoms with E-state index in [-0.39, 0.29) is 18.2 Å². The van der Waals surface area contributed by atoms with Crippen molar-refractivity contribution in [1.82, 2.24) is 9.47 Å². The summed E-state index contributed by atoms with van der Waals surface area (Å²) in [5.74, 6) is 0.129. The molecule has 2 heterocycles. The molecule has 0 bridgehead atoms. The highest BCUT2D eigenvalue weighted by Gasteiger charge is 2.24. The number of hydrogen-bond acceptors (Lipinski definition) is 2. The molecular weight excluding hydrogens is 288 g/mol. The molecule has 3 rings (SSSR count). The van der Waals surface area contributed by atoms with Crippen LogP contribution in [0.1, 0.15) is 40.2 Å². The number of amides is 1. The van der Waals surface area contributed by atoms with Gasteiger partial charge in [-0.2, -0.15) is 0 Å². The van der Waals surface area contributed by atoms with E-state index in [0.717, 1.165) is 29.9 Å². The van der Waals surface area contributed by atoms with E-state index in [1.807, 2.05) is 38.1 Å². The summed E-state index contributed by atoms with van der Waals surface area (Å²) >= 11 is 0. The van der Waals surface area contributed by atoms with Gasteiger partial charge in [-0.1, -0.05) is 30.3 Å². The number of Topliss-reactive ketones (excluding diaryl/α,β-unsaturated/α-hetero) is 1. The van der Waals surface area contributed by atoms with Gasteiger partial charge in [-0.05, 0) is 31.9 Å². The Labute approximate surface area is 136 Å². The van der Waals surface area contributed by atoms with Crippen molar-refractivity contribution >= 4 is 11.7 Å². The Bertz CT molecular complexity index is 731. The molecule has 0 unspecified atom stereocenters. The number of nitrogens with zero attached hydrogens (tertiary/aromatic N) is 2. The van der Waals surface area contributed by atoms with Gasteiger partial charge >= 0.3 is 0 Å². The lowest BCUT2D eigenvalue weighted by Crippen LogP contribution is -2.31. The minimum absolute atomic E-state index is 0.0349. The van der Waals surface area contributed by atoms with Crippen LogP contribution in [0.3, 0.4) is 0 Å². The van der Waals surface area contributed by atoms with Gasteiger partial charge in [0.05, 0.1) is 6.54 Å². The van der Waals surface area contributed by atoms with Crippen LogP contribution < -0.4 is 0 Å². The van der Waals surface area contributed by atoms with Gasteiger partial charge < -0.3 is 9.47 Å². The zero-order valence-electron chi connectivity index (χ0n) is 13.7. The van der Waals surface area contributed by atoms with E-state index in [2.05, 4.69) is 16.7 Å². The molecule has 1 aliphatic rings. The number of benzene rings is 1. The van der Waals surface area contributed by atoms with Crippen molar-refractivity contribution in [1.29, 1.82) is 0 Å². The maximum absolute atomic E-state index is 12.6. The maximum Gasteiger partial charge on any atom is 0.223 e. The smallest absolute Gasteiger partial charge is 0.223 e. The highest BCUT2D eigenvalue weighted by Crippen LogP contribution is 2.19. The Morgan fingerprint density at radius 3 is 2.57 bits per heavy atom. The number of rotatable bonds is 5. The molecule has 0 atom stereocenters. The van der Waals surface area contributed by atoms with Gasteiger partial charge in [0.1, 0.15) is 0 Å². The fourth-order valence-electron chi connectivity index (χ4n) is 3.22. The summed E-state index contributed by atoms with van der Waals surface area (Å²) in [7, 11) is 0. The summed E-state index contributed by atoms with van der Waals surface area (Å²) < 4.78 is 2.16. The molecule has 1 aromatic heterocycles. The molecular formula is C19H22N2O2. The standard InChI is InChI=1S/C19H22N2O2/c1-14-11-17(18(22)13-20-10-6-9-19(20)23)15(2)21(14)12-16-7-4-3-5-8-16/h3-5,7-8,11H,6,9-10,12-13H2,1-2H3. The summed E-state index contributed by atoms with van der Waals surface area (Å²) in [5, 5.41) is 0. The first-order valence-electron chi connectivity index (χ1n) is 8.08. The van der Waals surface area contributed by atoms with Crippen LogP contribution >= 0.6 is 0 Å². The zero-order chi connectivity index (χ0) is 16.4. The number of carbonyl (C=O) groups excluding carboxylic acids is 2. The van der Waals surface area contributed by atoms with E-state index in [1.165, 1.54) is 5.56 Å². The average Bonchev–Trinajstić information content (AvgIpc) is 3.06. The quantitative estimate of drug-likeness (QED) is 0.797. The Balaban J connectivity index is 1.79. The maximum atomic E-state index is 12.6. The van der Waals surface area contributed by atoms with Crippen molar-refractivity contribution in [3.05, 3.63) is 58.9 Å². The SMILES string of the molecule is Cc1cc(C(=O)CN2CCCC2=O)c(C)n1Cc1ccccc1. The van der Waals surface area contributed by atoms with Crippen LogP contribution in [0.4, 0.5) is 0 Å². The van der Waals surface area contributed by atoms with E-state index < -0.39 is 0 Å². The van der Waals surface area contributed by atoms with E-state index in [4.69, 9.17) is 0 Å². The van der Waals surface area contributed by atoms with Crippen LogP contribution in [0, 0.1) is 13.8 Å². The Hall–Kier alpha value is -2.36. The molecule has 0 N–H and O–H groups in total. The number of aromatic nitrogens is 1. The first kappa shape index (κ1) is 15.5. The van der Waals surface area contributed by atoms with Crippen molar-refractivity contribution < 1.29 is 9.59 Å². The van der Waals surface area contributed by atoms with Crippen molar-refractivity contribution in [2.24, 2.45) is 0 Å². The molecule has 0 radical (unpaired) electrons. The molecule has 0 saturated carbocycles. The van der Waals surface area contributed by atoms with Gasteiger partial charge in [0.15, 0.2) is 5.78 Å². The van der Waals surface area contributed by atoms with Gasteiger partial charge in [-0.15, -0.1) is 0 Å². The molecule has 1 fully saturated rings. The second-order valence-corrected chi connectivity index (χ2v) is 6.20. The summed E-state index contributed by atoms with van der Waals surface area (Å²) in [6.45, 7) is 5.67. The molecule has 23 heavy (non-hydrogen) atoms. The predicted octanol–water partition coefficient (Wildman–Crippen LogP) is 2.96. The Kier molecular flexibility index (Phi) is 4.33. The monoisotopic (exact) mass is 310 g/mol. The van der Waals surface area contributed by atoms with E-state index in [9.17, 15) is 9.59 Å². The summed E-state index contributed by atoms with van der Waals surface area (Å²) in [4.78, 5) is 26.0. The molecule has 4 nitrogen and oxygen atoms in total. The molecule has 1 saturated heterocycles. The molecule has 120 valence electrons. The predicted molar refractivity (Wildman–Crippen MR) is 89.6 cm³/mol. The third-order valence-corrected chi connectivity index (χ3v) is 4.56. The minimum Gasteiger partial charge on any atom is -0.344 e. The summed E-state index contributed by atoms with van der Waals surface area (Å²) in [6.07, 6.45) is 1.43. The first-order valence-corrected chi connectivity index (χ1v) is 8.08. The van der Waals surface area contributed by atoms with E-state index in [1.54, 1.807) is 4.90 Å². The van der Waals surface area contributed by atoms with Crippen LogP contribution in [0.15, 0.2) is 36.4 Å². The molecule has 1 aliphatic heterocycles. The topological polar surface area (TPSA) is 42.3 Å². The molecule has 0 aliphatic carbocycles. The molecule has 4 heteroatoms. The number of ketones is 1. The van der Waals surface area contributed by atoms with E-state index in [0.29, 0.717) is 13.0 Å². The third-order valence-electron chi connectivity index (χ3n) is 4.56. The van der Waals surface area contributed by atoms with Crippen LogP contribution in [0.2, 0.25) is 0 Å². The van der Waals surface area contributed by atoms with Gasteiger partial charge in [0.2, 0.25) is 5.91 Å². The highest BCUT2D eigenvalue weighted by atomic mass is 16.2. The number of likely N-dealkylation sites (tertiary alicyclic amines) is 1. The summed E-state index contributed by atoms with van der Waals surface area (Å²) in [6, 6.07) is 12.2. The minimum atomic E-state index is 0.0349. The van der Waals surface area contributed by atoms with Crippen LogP contribution in [0.25, 0.3) is 0 Å². The van der Waals surface area contributed by atoms with E-state index >= 15 is 0 Å². The summed E-state index contributed by atoms with van der Waals surface area (Å²) in [5.41, 5.74) is 3.99.